The quantitative estimate of drug-likeness (QED) is 0.790. The van der Waals surface area contributed by atoms with Crippen molar-refractivity contribution in [1.29, 1.82) is 0 Å². The second kappa shape index (κ2) is 5.56. The second-order valence-electron chi connectivity index (χ2n) is 3.97. The lowest BCUT2D eigenvalue weighted by Gasteiger charge is -2.08. The SMILES string of the molecule is CCOC(=O)Cn1c(C(=O)OC)cc2ccccc21. The molecule has 0 saturated heterocycles. The summed E-state index contributed by atoms with van der Waals surface area (Å²) in [6.07, 6.45) is 0. The van der Waals surface area contributed by atoms with Crippen molar-refractivity contribution in [2.24, 2.45) is 0 Å². The maximum atomic E-state index is 11.7. The number of fused-ring (bicyclic) bond motifs is 1. The van der Waals surface area contributed by atoms with Crippen LogP contribution in [0.4, 0.5) is 0 Å². The minimum Gasteiger partial charge on any atom is -0.465 e. The van der Waals surface area contributed by atoms with Crippen LogP contribution in [0.5, 0.6) is 0 Å². The maximum Gasteiger partial charge on any atom is 0.354 e. The van der Waals surface area contributed by atoms with Crippen LogP contribution in [0.2, 0.25) is 0 Å². The third kappa shape index (κ3) is 2.59. The number of hydrogen-bond donors (Lipinski definition) is 0. The minimum absolute atomic E-state index is 0.00815. The Hall–Kier alpha value is -2.30. The van der Waals surface area contributed by atoms with Crippen LogP contribution in [0.3, 0.4) is 0 Å². The smallest absolute Gasteiger partial charge is 0.354 e. The zero-order chi connectivity index (χ0) is 13.8. The number of esters is 2. The molecule has 0 atom stereocenters. The van der Waals surface area contributed by atoms with E-state index in [9.17, 15) is 9.59 Å². The number of methoxy groups -OCH3 is 1. The molecule has 0 radical (unpaired) electrons. The topological polar surface area (TPSA) is 57.5 Å². The highest BCUT2D eigenvalue weighted by atomic mass is 16.5. The first-order valence-electron chi connectivity index (χ1n) is 5.99. The molecule has 0 fully saturated rings. The lowest BCUT2D eigenvalue weighted by molar-refractivity contribution is -0.143. The number of para-hydroxylation sites is 1. The van der Waals surface area contributed by atoms with Gasteiger partial charge in [-0.25, -0.2) is 4.79 Å². The zero-order valence-corrected chi connectivity index (χ0v) is 10.9. The summed E-state index contributed by atoms with van der Waals surface area (Å²) in [5.74, 6) is -0.852. The molecule has 1 heterocycles. The molecule has 0 bridgehead atoms. The van der Waals surface area contributed by atoms with Crippen molar-refractivity contribution >= 4 is 22.8 Å². The summed E-state index contributed by atoms with van der Waals surface area (Å²) >= 11 is 0. The van der Waals surface area contributed by atoms with E-state index in [2.05, 4.69) is 0 Å². The van der Waals surface area contributed by atoms with E-state index in [0.29, 0.717) is 12.3 Å². The van der Waals surface area contributed by atoms with Crippen LogP contribution in [0.15, 0.2) is 30.3 Å². The van der Waals surface area contributed by atoms with E-state index in [1.54, 1.807) is 17.6 Å². The highest BCUT2D eigenvalue weighted by Crippen LogP contribution is 2.20. The van der Waals surface area contributed by atoms with Crippen molar-refractivity contribution in [3.05, 3.63) is 36.0 Å². The van der Waals surface area contributed by atoms with Gasteiger partial charge in [0.25, 0.3) is 0 Å². The molecule has 0 spiro atoms. The van der Waals surface area contributed by atoms with Crippen LogP contribution >= 0.6 is 0 Å². The van der Waals surface area contributed by atoms with E-state index < -0.39 is 5.97 Å². The molecule has 1 aromatic carbocycles. The van der Waals surface area contributed by atoms with Crippen molar-refractivity contribution < 1.29 is 19.1 Å². The molecule has 0 unspecified atom stereocenters. The summed E-state index contributed by atoms with van der Waals surface area (Å²) in [6.45, 7) is 2.05. The fourth-order valence-corrected chi connectivity index (χ4v) is 1.99. The first kappa shape index (κ1) is 13.1. The largest absolute Gasteiger partial charge is 0.465 e. The molecule has 2 aromatic rings. The summed E-state index contributed by atoms with van der Waals surface area (Å²) in [6, 6.07) is 9.16. The van der Waals surface area contributed by atoms with Gasteiger partial charge in [-0.1, -0.05) is 18.2 Å². The Morgan fingerprint density at radius 1 is 1.26 bits per heavy atom. The molecule has 0 aliphatic rings. The Morgan fingerprint density at radius 3 is 2.68 bits per heavy atom. The lowest BCUT2D eigenvalue weighted by atomic mass is 10.2. The van der Waals surface area contributed by atoms with Gasteiger partial charge < -0.3 is 14.0 Å². The van der Waals surface area contributed by atoms with Crippen molar-refractivity contribution in [2.75, 3.05) is 13.7 Å². The van der Waals surface area contributed by atoms with Crippen LogP contribution in [0.25, 0.3) is 10.9 Å². The lowest BCUT2D eigenvalue weighted by Crippen LogP contribution is -2.18. The highest BCUT2D eigenvalue weighted by Gasteiger charge is 2.18. The van der Waals surface area contributed by atoms with E-state index in [1.807, 2.05) is 24.3 Å². The van der Waals surface area contributed by atoms with E-state index in [4.69, 9.17) is 9.47 Å². The average molecular weight is 261 g/mol. The van der Waals surface area contributed by atoms with Gasteiger partial charge in [0.15, 0.2) is 0 Å². The summed E-state index contributed by atoms with van der Waals surface area (Å²) in [5, 5.41) is 0.882. The fourth-order valence-electron chi connectivity index (χ4n) is 1.99. The second-order valence-corrected chi connectivity index (χ2v) is 3.97. The van der Waals surface area contributed by atoms with E-state index in [1.165, 1.54) is 7.11 Å². The number of carbonyl (C=O) groups excluding carboxylic acids is 2. The average Bonchev–Trinajstić information content (AvgIpc) is 2.77. The molecule has 2 rings (SSSR count). The van der Waals surface area contributed by atoms with Gasteiger partial charge >= 0.3 is 11.9 Å². The Kier molecular flexibility index (Phi) is 3.85. The molecular formula is C14H15NO4. The Morgan fingerprint density at radius 2 is 2.00 bits per heavy atom. The van der Waals surface area contributed by atoms with Gasteiger partial charge in [-0.3, -0.25) is 4.79 Å². The number of benzene rings is 1. The zero-order valence-electron chi connectivity index (χ0n) is 10.9. The van der Waals surface area contributed by atoms with Gasteiger partial charge in [0.2, 0.25) is 0 Å². The van der Waals surface area contributed by atoms with Gasteiger partial charge in [-0.05, 0) is 19.1 Å². The molecule has 5 nitrogen and oxygen atoms in total. The summed E-state index contributed by atoms with van der Waals surface area (Å²) < 4.78 is 11.3. The Bertz CT molecular complexity index is 615. The summed E-state index contributed by atoms with van der Waals surface area (Å²) in [4.78, 5) is 23.4. The van der Waals surface area contributed by atoms with Crippen LogP contribution in [0, 0.1) is 0 Å². The van der Waals surface area contributed by atoms with E-state index in [0.717, 1.165) is 10.9 Å². The monoisotopic (exact) mass is 261 g/mol. The molecule has 0 saturated carbocycles. The summed E-state index contributed by atoms with van der Waals surface area (Å²) in [5.41, 5.74) is 1.15. The van der Waals surface area contributed by atoms with Crippen LogP contribution < -0.4 is 0 Å². The number of carbonyl (C=O) groups is 2. The van der Waals surface area contributed by atoms with Crippen molar-refractivity contribution in [2.45, 2.75) is 13.5 Å². The maximum absolute atomic E-state index is 11.7. The number of rotatable bonds is 4. The van der Waals surface area contributed by atoms with Gasteiger partial charge in [-0.15, -0.1) is 0 Å². The van der Waals surface area contributed by atoms with Crippen molar-refractivity contribution in [1.82, 2.24) is 4.57 Å². The number of nitrogens with zero attached hydrogens (tertiary/aromatic N) is 1. The minimum atomic E-state index is -0.472. The first-order valence-corrected chi connectivity index (χ1v) is 5.99. The molecule has 0 aliphatic heterocycles. The molecule has 1 aromatic heterocycles. The first-order chi connectivity index (χ1) is 9.17. The third-order valence-electron chi connectivity index (χ3n) is 2.80. The molecule has 0 amide bonds. The van der Waals surface area contributed by atoms with Gasteiger partial charge in [0, 0.05) is 10.9 Å². The standard InChI is InChI=1S/C14H15NO4/c1-3-19-13(16)9-15-11-7-5-4-6-10(11)8-12(15)14(17)18-2/h4-8H,3,9H2,1-2H3. The van der Waals surface area contributed by atoms with Gasteiger partial charge in [0.05, 0.1) is 13.7 Å². The van der Waals surface area contributed by atoms with Gasteiger partial charge in [-0.2, -0.15) is 0 Å². The molecule has 5 heteroatoms. The molecule has 0 aliphatic carbocycles. The molecular weight excluding hydrogens is 246 g/mol. The Labute approximate surface area is 110 Å². The predicted octanol–water partition coefficient (Wildman–Crippen LogP) is 1.99. The molecule has 0 N–H and O–H groups in total. The summed E-state index contributed by atoms with van der Waals surface area (Å²) in [7, 11) is 1.31. The normalized spacial score (nSPS) is 10.4. The number of aromatic nitrogens is 1. The molecule has 100 valence electrons. The van der Waals surface area contributed by atoms with Crippen molar-refractivity contribution in [3.8, 4) is 0 Å². The number of hydrogen-bond acceptors (Lipinski definition) is 4. The predicted molar refractivity (Wildman–Crippen MR) is 69.9 cm³/mol. The van der Waals surface area contributed by atoms with E-state index >= 15 is 0 Å². The van der Waals surface area contributed by atoms with E-state index in [-0.39, 0.29) is 12.5 Å². The van der Waals surface area contributed by atoms with Crippen molar-refractivity contribution in [3.63, 3.8) is 0 Å². The van der Waals surface area contributed by atoms with Crippen LogP contribution in [-0.2, 0) is 20.8 Å². The fraction of sp³-hybridized carbons (Fsp3) is 0.286. The Balaban J connectivity index is 2.48. The highest BCUT2D eigenvalue weighted by molar-refractivity contribution is 5.96. The number of ether oxygens (including phenoxy) is 2. The molecule has 19 heavy (non-hydrogen) atoms. The van der Waals surface area contributed by atoms with Crippen LogP contribution in [0.1, 0.15) is 17.4 Å². The van der Waals surface area contributed by atoms with Crippen LogP contribution in [-0.4, -0.2) is 30.2 Å². The van der Waals surface area contributed by atoms with Gasteiger partial charge in [0.1, 0.15) is 12.2 Å². The third-order valence-corrected chi connectivity index (χ3v) is 2.80.